The molecule has 0 saturated carbocycles. The van der Waals surface area contributed by atoms with Crippen LogP contribution < -0.4 is 9.47 Å². The molecule has 0 bridgehead atoms. The van der Waals surface area contributed by atoms with Gasteiger partial charge in [-0.15, -0.1) is 0 Å². The standard InChI is InChI=1S/C28H29FN2O5/c1-16-14-18(15-17(2)23(16)35-28(6,7)26(32)36-27(3,4)5)24-30-20-12-13-22(31-25(20)34-24)33-21-11-9-8-10-19(21)29/h8-15H,1-7H3. The number of carbonyl (C=O) groups excluding carboxylic acids is 1. The molecule has 4 rings (SSSR count). The first-order chi connectivity index (χ1) is 16.8. The van der Waals surface area contributed by atoms with Crippen LogP contribution in [-0.2, 0) is 9.53 Å². The van der Waals surface area contributed by atoms with Crippen molar-refractivity contribution in [1.82, 2.24) is 9.97 Å². The minimum Gasteiger partial charge on any atom is -0.476 e. The Hall–Kier alpha value is -3.94. The van der Waals surface area contributed by atoms with E-state index < -0.39 is 23.0 Å². The molecule has 4 aromatic rings. The highest BCUT2D eigenvalue weighted by Gasteiger charge is 2.35. The van der Waals surface area contributed by atoms with Gasteiger partial charge in [0, 0.05) is 11.6 Å². The van der Waals surface area contributed by atoms with Crippen molar-refractivity contribution in [2.75, 3.05) is 0 Å². The van der Waals surface area contributed by atoms with Gasteiger partial charge in [-0.3, -0.25) is 0 Å². The molecule has 188 valence electrons. The van der Waals surface area contributed by atoms with Crippen LogP contribution in [0.3, 0.4) is 0 Å². The van der Waals surface area contributed by atoms with Crippen LogP contribution in [0.1, 0.15) is 45.7 Å². The van der Waals surface area contributed by atoms with Gasteiger partial charge in [0.05, 0.1) is 0 Å². The Balaban J connectivity index is 1.59. The maximum atomic E-state index is 13.9. The molecule has 2 aromatic heterocycles. The van der Waals surface area contributed by atoms with Gasteiger partial charge in [-0.05, 0) is 89.9 Å². The van der Waals surface area contributed by atoms with Crippen LogP contribution in [0.25, 0.3) is 22.7 Å². The highest BCUT2D eigenvalue weighted by Crippen LogP contribution is 2.34. The number of hydrogen-bond acceptors (Lipinski definition) is 7. The van der Waals surface area contributed by atoms with Crippen LogP contribution in [-0.4, -0.2) is 27.1 Å². The minimum atomic E-state index is -1.18. The Bertz CT molecular complexity index is 1410. The number of hydrogen-bond donors (Lipinski definition) is 0. The van der Waals surface area contributed by atoms with E-state index in [-0.39, 0.29) is 17.3 Å². The summed E-state index contributed by atoms with van der Waals surface area (Å²) in [6, 6.07) is 13.1. The number of para-hydroxylation sites is 1. The van der Waals surface area contributed by atoms with E-state index in [9.17, 15) is 9.18 Å². The summed E-state index contributed by atoms with van der Waals surface area (Å²) in [6.45, 7) is 12.6. The molecule has 0 N–H and O–H groups in total. The number of ether oxygens (including phenoxy) is 3. The Morgan fingerprint density at radius 3 is 2.25 bits per heavy atom. The predicted octanol–water partition coefficient (Wildman–Crippen LogP) is 6.94. The smallest absolute Gasteiger partial charge is 0.350 e. The lowest BCUT2D eigenvalue weighted by atomic mass is 10.0. The van der Waals surface area contributed by atoms with Crippen molar-refractivity contribution in [3.63, 3.8) is 0 Å². The summed E-state index contributed by atoms with van der Waals surface area (Å²) in [5, 5.41) is 0. The number of fused-ring (bicyclic) bond motifs is 1. The summed E-state index contributed by atoms with van der Waals surface area (Å²) < 4.78 is 37.0. The molecule has 2 heterocycles. The largest absolute Gasteiger partial charge is 0.476 e. The summed E-state index contributed by atoms with van der Waals surface area (Å²) in [5.41, 5.74) is 1.34. The summed E-state index contributed by atoms with van der Waals surface area (Å²) >= 11 is 0. The average Bonchev–Trinajstić information content (AvgIpc) is 3.20. The zero-order valence-electron chi connectivity index (χ0n) is 21.4. The first-order valence-electron chi connectivity index (χ1n) is 11.6. The summed E-state index contributed by atoms with van der Waals surface area (Å²) in [7, 11) is 0. The molecule has 2 aromatic carbocycles. The molecular weight excluding hydrogens is 463 g/mol. The van der Waals surface area contributed by atoms with Gasteiger partial charge < -0.3 is 18.6 Å². The van der Waals surface area contributed by atoms with E-state index in [0.717, 1.165) is 16.7 Å². The number of rotatable bonds is 6. The molecule has 0 spiro atoms. The molecule has 36 heavy (non-hydrogen) atoms. The van der Waals surface area contributed by atoms with Crippen molar-refractivity contribution < 1.29 is 27.8 Å². The summed E-state index contributed by atoms with van der Waals surface area (Å²) in [5.74, 6) is 0.280. The molecule has 0 saturated heterocycles. The molecule has 7 nitrogen and oxygen atoms in total. The Morgan fingerprint density at radius 1 is 0.944 bits per heavy atom. The number of nitrogens with zero attached hydrogens (tertiary/aromatic N) is 2. The average molecular weight is 493 g/mol. The third-order valence-electron chi connectivity index (χ3n) is 5.24. The van der Waals surface area contributed by atoms with Gasteiger partial charge >= 0.3 is 5.97 Å². The van der Waals surface area contributed by atoms with Gasteiger partial charge in [0.2, 0.25) is 11.8 Å². The van der Waals surface area contributed by atoms with E-state index in [0.29, 0.717) is 17.2 Å². The second kappa shape index (κ2) is 9.26. The van der Waals surface area contributed by atoms with E-state index >= 15 is 0 Å². The maximum Gasteiger partial charge on any atom is 0.350 e. The molecule has 0 amide bonds. The fourth-order valence-corrected chi connectivity index (χ4v) is 3.55. The third-order valence-corrected chi connectivity index (χ3v) is 5.24. The first-order valence-corrected chi connectivity index (χ1v) is 11.6. The van der Waals surface area contributed by atoms with Crippen molar-refractivity contribution in [1.29, 1.82) is 0 Å². The Kier molecular flexibility index (Phi) is 6.47. The fraction of sp³-hybridized carbons (Fsp3) is 0.321. The maximum absolute atomic E-state index is 13.9. The fourth-order valence-electron chi connectivity index (χ4n) is 3.55. The highest BCUT2D eigenvalue weighted by molar-refractivity contribution is 5.80. The topological polar surface area (TPSA) is 83.7 Å². The second-order valence-electron chi connectivity index (χ2n) is 10.1. The molecular formula is C28H29FN2O5. The molecule has 0 atom stereocenters. The molecule has 8 heteroatoms. The monoisotopic (exact) mass is 492 g/mol. The lowest BCUT2D eigenvalue weighted by molar-refractivity contribution is -0.171. The Morgan fingerprint density at radius 2 is 1.61 bits per heavy atom. The SMILES string of the molecule is Cc1cc(-c2nc3ccc(Oc4ccccc4F)nc3o2)cc(C)c1OC(C)(C)C(=O)OC(C)(C)C. The van der Waals surface area contributed by atoms with Crippen molar-refractivity contribution in [2.45, 2.75) is 59.7 Å². The van der Waals surface area contributed by atoms with Crippen molar-refractivity contribution in [3.8, 4) is 28.8 Å². The van der Waals surface area contributed by atoms with Crippen LogP contribution in [0.15, 0.2) is 52.9 Å². The van der Waals surface area contributed by atoms with Crippen LogP contribution in [0.2, 0.25) is 0 Å². The van der Waals surface area contributed by atoms with Gasteiger partial charge in [-0.25, -0.2) is 14.2 Å². The third kappa shape index (κ3) is 5.48. The lowest BCUT2D eigenvalue weighted by Gasteiger charge is -2.30. The van der Waals surface area contributed by atoms with Crippen LogP contribution in [0.4, 0.5) is 4.39 Å². The second-order valence-corrected chi connectivity index (χ2v) is 10.1. The van der Waals surface area contributed by atoms with Gasteiger partial charge in [-0.1, -0.05) is 12.1 Å². The number of aryl methyl sites for hydroxylation is 2. The zero-order chi connectivity index (χ0) is 26.3. The molecule has 0 aliphatic rings. The van der Waals surface area contributed by atoms with Crippen LogP contribution in [0.5, 0.6) is 17.4 Å². The molecule has 0 unspecified atom stereocenters. The van der Waals surface area contributed by atoms with Crippen molar-refractivity contribution >= 4 is 17.2 Å². The molecule has 0 fully saturated rings. The van der Waals surface area contributed by atoms with Crippen LogP contribution in [0, 0.1) is 19.7 Å². The Labute approximate surface area is 209 Å². The zero-order valence-corrected chi connectivity index (χ0v) is 21.4. The van der Waals surface area contributed by atoms with E-state index in [2.05, 4.69) is 9.97 Å². The number of halogens is 1. The number of carbonyl (C=O) groups is 1. The van der Waals surface area contributed by atoms with E-state index in [1.54, 1.807) is 38.1 Å². The number of aromatic nitrogens is 2. The summed E-state index contributed by atoms with van der Waals surface area (Å²) in [4.78, 5) is 21.5. The van der Waals surface area contributed by atoms with E-state index in [1.807, 2.05) is 46.8 Å². The quantitative estimate of drug-likeness (QED) is 0.270. The minimum absolute atomic E-state index is 0.0697. The van der Waals surface area contributed by atoms with E-state index in [4.69, 9.17) is 18.6 Å². The van der Waals surface area contributed by atoms with E-state index in [1.165, 1.54) is 12.1 Å². The number of pyridine rings is 1. The molecule has 0 aliphatic carbocycles. The number of benzene rings is 2. The molecule has 0 aliphatic heterocycles. The number of esters is 1. The molecule has 0 radical (unpaired) electrons. The number of oxazole rings is 1. The van der Waals surface area contributed by atoms with Crippen LogP contribution >= 0.6 is 0 Å². The van der Waals surface area contributed by atoms with Crippen molar-refractivity contribution in [2.24, 2.45) is 0 Å². The van der Waals surface area contributed by atoms with Gasteiger partial charge in [-0.2, -0.15) is 4.98 Å². The lowest BCUT2D eigenvalue weighted by Crippen LogP contribution is -2.43. The first kappa shape index (κ1) is 25.2. The normalized spacial score (nSPS) is 12.0. The van der Waals surface area contributed by atoms with Crippen molar-refractivity contribution in [3.05, 3.63) is 65.5 Å². The predicted molar refractivity (Wildman–Crippen MR) is 134 cm³/mol. The summed E-state index contributed by atoms with van der Waals surface area (Å²) in [6.07, 6.45) is 0. The highest BCUT2D eigenvalue weighted by atomic mass is 19.1. The van der Waals surface area contributed by atoms with Gasteiger partial charge in [0.1, 0.15) is 16.9 Å². The van der Waals surface area contributed by atoms with Gasteiger partial charge in [0.25, 0.3) is 5.71 Å². The van der Waals surface area contributed by atoms with Gasteiger partial charge in [0.15, 0.2) is 17.2 Å².